The average Bonchev–Trinajstić information content (AvgIpc) is 2.69. The van der Waals surface area contributed by atoms with E-state index >= 15 is 0 Å². The fourth-order valence-electron chi connectivity index (χ4n) is 3.08. The third-order valence-corrected chi connectivity index (χ3v) is 6.67. The number of sulfonamides is 1. The van der Waals surface area contributed by atoms with Crippen LogP contribution in [0.25, 0.3) is 0 Å². The molecule has 1 N–H and O–H groups in total. The predicted octanol–water partition coefficient (Wildman–Crippen LogP) is 3.70. The average molecular weight is 437 g/mol. The smallest absolute Gasteiger partial charge is 0.340 e. The Bertz CT molecular complexity index is 1040. The number of benzene rings is 2. The Morgan fingerprint density at radius 1 is 1.17 bits per heavy atom. The molecule has 0 radical (unpaired) electrons. The molecule has 3 rings (SSSR count). The molecule has 9 heteroatoms. The van der Waals surface area contributed by atoms with Crippen molar-refractivity contribution in [2.75, 3.05) is 28.5 Å². The fraction of sp³-hybridized carbons (Fsp3) is 0.300. The lowest BCUT2D eigenvalue weighted by Crippen LogP contribution is -2.38. The van der Waals surface area contributed by atoms with Crippen LogP contribution in [0, 0.1) is 0 Å². The molecule has 29 heavy (non-hydrogen) atoms. The van der Waals surface area contributed by atoms with Gasteiger partial charge in [0.1, 0.15) is 0 Å². The fourth-order valence-corrected chi connectivity index (χ4v) is 4.99. The Balaban J connectivity index is 1.89. The topological polar surface area (TPSA) is 92.8 Å². The van der Waals surface area contributed by atoms with E-state index in [0.29, 0.717) is 18.7 Å². The molecule has 0 atom stereocenters. The van der Waals surface area contributed by atoms with Crippen LogP contribution in [-0.4, -0.2) is 39.2 Å². The summed E-state index contributed by atoms with van der Waals surface area (Å²) in [7, 11) is -3.47. The van der Waals surface area contributed by atoms with Crippen LogP contribution in [0.5, 0.6) is 0 Å². The molecule has 2 aromatic rings. The summed E-state index contributed by atoms with van der Waals surface area (Å²) >= 11 is 6.22. The van der Waals surface area contributed by atoms with E-state index in [1.54, 1.807) is 31.2 Å². The number of hydrogen-bond donors (Lipinski definition) is 1. The standard InChI is InChI=1S/C20H21ClN2O5S/c1-2-28-20(25)15-7-3-4-8-17(15)22-19(24)14-9-10-16(21)18(13-14)23-11-5-6-12-29(23,26)27/h3-4,7-10,13H,2,5-6,11-12H2,1H3,(H,22,24). The minimum atomic E-state index is -3.47. The summed E-state index contributed by atoms with van der Waals surface area (Å²) in [6.45, 7) is 2.23. The van der Waals surface area contributed by atoms with E-state index in [1.807, 2.05) is 0 Å². The predicted molar refractivity (Wildman–Crippen MR) is 112 cm³/mol. The van der Waals surface area contributed by atoms with Crippen LogP contribution in [0.4, 0.5) is 11.4 Å². The second kappa shape index (κ2) is 8.84. The first-order chi connectivity index (χ1) is 13.8. The van der Waals surface area contributed by atoms with Gasteiger partial charge in [-0.05, 0) is 50.1 Å². The van der Waals surface area contributed by atoms with Crippen molar-refractivity contribution in [3.05, 3.63) is 58.6 Å². The van der Waals surface area contributed by atoms with Gasteiger partial charge in [-0.25, -0.2) is 13.2 Å². The molecule has 1 aliphatic rings. The Morgan fingerprint density at radius 3 is 2.66 bits per heavy atom. The lowest BCUT2D eigenvalue weighted by atomic mass is 10.1. The highest BCUT2D eigenvalue weighted by Gasteiger charge is 2.28. The highest BCUT2D eigenvalue weighted by Crippen LogP contribution is 2.32. The minimum Gasteiger partial charge on any atom is -0.462 e. The van der Waals surface area contributed by atoms with Gasteiger partial charge in [0.25, 0.3) is 5.91 Å². The molecule has 0 aliphatic carbocycles. The van der Waals surface area contributed by atoms with Gasteiger partial charge in [0.05, 0.1) is 34.3 Å². The van der Waals surface area contributed by atoms with Gasteiger partial charge in [-0.3, -0.25) is 9.10 Å². The van der Waals surface area contributed by atoms with Crippen LogP contribution < -0.4 is 9.62 Å². The summed E-state index contributed by atoms with van der Waals surface area (Å²) in [5.74, 6) is -0.985. The first kappa shape index (κ1) is 21.1. The van der Waals surface area contributed by atoms with Gasteiger partial charge in [0.15, 0.2) is 0 Å². The molecule has 0 aromatic heterocycles. The molecule has 154 valence electrons. The van der Waals surface area contributed by atoms with Crippen LogP contribution in [0.15, 0.2) is 42.5 Å². The van der Waals surface area contributed by atoms with Crippen molar-refractivity contribution in [1.29, 1.82) is 0 Å². The molecule has 1 fully saturated rings. The lowest BCUT2D eigenvalue weighted by molar-refractivity contribution is 0.0527. The molecular formula is C20H21ClN2O5S. The second-order valence-electron chi connectivity index (χ2n) is 6.48. The summed E-state index contributed by atoms with van der Waals surface area (Å²) in [6, 6.07) is 11.0. The van der Waals surface area contributed by atoms with Gasteiger partial charge in [0.2, 0.25) is 10.0 Å². The quantitative estimate of drug-likeness (QED) is 0.721. The third kappa shape index (κ3) is 4.71. The van der Waals surface area contributed by atoms with Crippen LogP contribution in [0.1, 0.15) is 40.5 Å². The van der Waals surface area contributed by atoms with E-state index in [9.17, 15) is 18.0 Å². The number of carbonyl (C=O) groups excluding carboxylic acids is 2. The number of nitrogens with one attached hydrogen (secondary N) is 1. The molecule has 0 spiro atoms. The Labute approximate surface area is 174 Å². The Hall–Kier alpha value is -2.58. The zero-order chi connectivity index (χ0) is 21.0. The Morgan fingerprint density at radius 2 is 1.93 bits per heavy atom. The van der Waals surface area contributed by atoms with Gasteiger partial charge in [-0.1, -0.05) is 23.7 Å². The van der Waals surface area contributed by atoms with Crippen LogP contribution in [0.3, 0.4) is 0 Å². The molecule has 2 aromatic carbocycles. The number of amides is 1. The molecule has 1 amide bonds. The normalized spacial score (nSPS) is 15.6. The minimum absolute atomic E-state index is 0.0483. The van der Waals surface area contributed by atoms with Crippen LogP contribution in [-0.2, 0) is 14.8 Å². The van der Waals surface area contributed by atoms with Gasteiger partial charge >= 0.3 is 5.97 Å². The summed E-state index contributed by atoms with van der Waals surface area (Å²) in [6.07, 6.45) is 1.32. The highest BCUT2D eigenvalue weighted by atomic mass is 35.5. The van der Waals surface area contributed by atoms with E-state index in [2.05, 4.69) is 5.32 Å². The number of rotatable bonds is 5. The Kier molecular flexibility index (Phi) is 6.44. The van der Waals surface area contributed by atoms with Crippen LogP contribution in [0.2, 0.25) is 5.02 Å². The molecule has 1 aliphatic heterocycles. The maximum Gasteiger partial charge on any atom is 0.340 e. The largest absolute Gasteiger partial charge is 0.462 e. The van der Waals surface area contributed by atoms with Crippen molar-refractivity contribution in [1.82, 2.24) is 0 Å². The SMILES string of the molecule is CCOC(=O)c1ccccc1NC(=O)c1ccc(Cl)c(N2CCCCS2(=O)=O)c1. The van der Waals surface area contributed by atoms with E-state index < -0.39 is 21.9 Å². The zero-order valence-corrected chi connectivity index (χ0v) is 17.4. The maximum atomic E-state index is 12.8. The molecule has 0 bridgehead atoms. The van der Waals surface area contributed by atoms with Crippen molar-refractivity contribution in [2.45, 2.75) is 19.8 Å². The molecule has 7 nitrogen and oxygen atoms in total. The highest BCUT2D eigenvalue weighted by molar-refractivity contribution is 7.92. The number of halogens is 1. The van der Waals surface area contributed by atoms with Crippen molar-refractivity contribution in [3.63, 3.8) is 0 Å². The third-order valence-electron chi connectivity index (χ3n) is 4.50. The molecule has 0 saturated carbocycles. The zero-order valence-electron chi connectivity index (χ0n) is 15.9. The number of nitrogens with zero attached hydrogens (tertiary/aromatic N) is 1. The van der Waals surface area contributed by atoms with E-state index in [0.717, 1.165) is 6.42 Å². The molecular weight excluding hydrogens is 416 g/mol. The van der Waals surface area contributed by atoms with Crippen molar-refractivity contribution in [3.8, 4) is 0 Å². The number of ether oxygens (including phenoxy) is 1. The monoisotopic (exact) mass is 436 g/mol. The summed E-state index contributed by atoms with van der Waals surface area (Å²) in [5, 5.41) is 2.93. The number of hydrogen-bond acceptors (Lipinski definition) is 5. The van der Waals surface area contributed by atoms with Crippen LogP contribution >= 0.6 is 11.6 Å². The van der Waals surface area contributed by atoms with Crippen molar-refractivity contribution in [2.24, 2.45) is 0 Å². The van der Waals surface area contributed by atoms with E-state index in [1.165, 1.54) is 22.5 Å². The van der Waals surface area contributed by atoms with Gasteiger partial charge in [0, 0.05) is 12.1 Å². The van der Waals surface area contributed by atoms with Crippen molar-refractivity contribution < 1.29 is 22.7 Å². The van der Waals surface area contributed by atoms with E-state index in [-0.39, 0.29) is 34.2 Å². The van der Waals surface area contributed by atoms with E-state index in [4.69, 9.17) is 16.3 Å². The van der Waals surface area contributed by atoms with Gasteiger partial charge in [-0.2, -0.15) is 0 Å². The summed E-state index contributed by atoms with van der Waals surface area (Å²) in [4.78, 5) is 24.9. The summed E-state index contributed by atoms with van der Waals surface area (Å²) in [5.41, 5.74) is 1.04. The number of anilines is 2. The van der Waals surface area contributed by atoms with Gasteiger partial charge in [-0.15, -0.1) is 0 Å². The van der Waals surface area contributed by atoms with Gasteiger partial charge < -0.3 is 10.1 Å². The molecule has 1 saturated heterocycles. The number of carbonyl (C=O) groups is 2. The first-order valence-corrected chi connectivity index (χ1v) is 11.2. The molecule has 1 heterocycles. The second-order valence-corrected chi connectivity index (χ2v) is 8.90. The first-order valence-electron chi connectivity index (χ1n) is 9.21. The number of esters is 1. The maximum absolute atomic E-state index is 12.8. The number of para-hydroxylation sites is 1. The lowest BCUT2D eigenvalue weighted by Gasteiger charge is -2.29. The summed E-state index contributed by atoms with van der Waals surface area (Å²) < 4.78 is 31.1. The molecule has 0 unspecified atom stereocenters. The van der Waals surface area contributed by atoms with Crippen molar-refractivity contribution >= 4 is 44.9 Å².